The minimum atomic E-state index is 0.482. The van der Waals surface area contributed by atoms with Crippen LogP contribution in [0.25, 0.3) is 22.2 Å². The number of nitrogens with one attached hydrogen (secondary N) is 2. The minimum absolute atomic E-state index is 0.482. The zero-order chi connectivity index (χ0) is 27.4. The zero-order valence-electron chi connectivity index (χ0n) is 23.9. The number of methoxy groups -OCH3 is 1. The molecule has 3 saturated heterocycles. The summed E-state index contributed by atoms with van der Waals surface area (Å²) in [6.07, 6.45) is 9.23. The second-order valence-electron chi connectivity index (χ2n) is 12.7. The SMILES string of the molecule is COc1cc(N2CC3(CCN(CC4CNC4)CC3)C2)ccc1Nc1nccc(-c2cn(C3CC3)c3ccccc23)n1. The van der Waals surface area contributed by atoms with Crippen LogP contribution in [-0.2, 0) is 0 Å². The maximum Gasteiger partial charge on any atom is 0.227 e. The molecular formula is C33H39N7O. The highest BCUT2D eigenvalue weighted by molar-refractivity contribution is 5.95. The van der Waals surface area contributed by atoms with Crippen molar-refractivity contribution >= 4 is 28.2 Å². The molecule has 8 nitrogen and oxygen atoms in total. The lowest BCUT2D eigenvalue weighted by Crippen LogP contribution is -2.61. The summed E-state index contributed by atoms with van der Waals surface area (Å²) in [5, 5.41) is 8.07. The molecule has 41 heavy (non-hydrogen) atoms. The van der Waals surface area contributed by atoms with Crippen LogP contribution in [0.3, 0.4) is 0 Å². The van der Waals surface area contributed by atoms with Crippen molar-refractivity contribution < 1.29 is 4.74 Å². The van der Waals surface area contributed by atoms with Crippen LogP contribution in [-0.4, -0.2) is 72.4 Å². The Kier molecular flexibility index (Phi) is 6.15. The van der Waals surface area contributed by atoms with Crippen LogP contribution in [0.4, 0.5) is 17.3 Å². The first kappa shape index (κ1) is 25.1. The number of benzene rings is 2. The number of likely N-dealkylation sites (tertiary alicyclic amines) is 1. The van der Waals surface area contributed by atoms with E-state index >= 15 is 0 Å². The molecule has 8 rings (SSSR count). The Hall–Kier alpha value is -3.62. The number of para-hydroxylation sites is 1. The third-order valence-electron chi connectivity index (χ3n) is 9.76. The molecule has 0 radical (unpaired) electrons. The maximum atomic E-state index is 5.83. The summed E-state index contributed by atoms with van der Waals surface area (Å²) in [4.78, 5) is 14.7. The van der Waals surface area contributed by atoms with E-state index in [9.17, 15) is 0 Å². The molecule has 4 aromatic rings. The first-order valence-corrected chi connectivity index (χ1v) is 15.2. The quantitative estimate of drug-likeness (QED) is 0.309. The van der Waals surface area contributed by atoms with E-state index in [1.54, 1.807) is 7.11 Å². The van der Waals surface area contributed by atoms with Crippen molar-refractivity contribution in [2.75, 3.05) is 63.1 Å². The van der Waals surface area contributed by atoms with E-state index in [0.717, 1.165) is 41.7 Å². The molecule has 0 unspecified atom stereocenters. The van der Waals surface area contributed by atoms with Gasteiger partial charge in [-0.1, -0.05) is 18.2 Å². The molecule has 1 spiro atoms. The van der Waals surface area contributed by atoms with Crippen molar-refractivity contribution in [3.63, 3.8) is 0 Å². The fourth-order valence-corrected chi connectivity index (χ4v) is 7.05. The molecule has 5 heterocycles. The molecule has 0 amide bonds. The molecule has 4 fully saturated rings. The predicted molar refractivity (Wildman–Crippen MR) is 164 cm³/mol. The molecule has 1 saturated carbocycles. The van der Waals surface area contributed by atoms with Crippen molar-refractivity contribution in [2.45, 2.75) is 31.7 Å². The van der Waals surface area contributed by atoms with Crippen LogP contribution >= 0.6 is 0 Å². The summed E-state index contributed by atoms with van der Waals surface area (Å²) in [6.45, 7) is 8.45. The van der Waals surface area contributed by atoms with Gasteiger partial charge in [-0.05, 0) is 69.0 Å². The highest BCUT2D eigenvalue weighted by Gasteiger charge is 2.45. The first-order chi connectivity index (χ1) is 20.2. The monoisotopic (exact) mass is 549 g/mol. The van der Waals surface area contributed by atoms with Gasteiger partial charge in [0.1, 0.15) is 5.75 Å². The zero-order valence-corrected chi connectivity index (χ0v) is 23.9. The minimum Gasteiger partial charge on any atom is -0.494 e. The number of ether oxygens (including phenoxy) is 1. The summed E-state index contributed by atoms with van der Waals surface area (Å²) in [5.41, 5.74) is 5.94. The lowest BCUT2D eigenvalue weighted by atomic mass is 9.71. The molecule has 0 bridgehead atoms. The van der Waals surface area contributed by atoms with Crippen LogP contribution in [0.2, 0.25) is 0 Å². The summed E-state index contributed by atoms with van der Waals surface area (Å²) < 4.78 is 8.24. The number of nitrogens with zero attached hydrogens (tertiary/aromatic N) is 5. The second-order valence-corrected chi connectivity index (χ2v) is 12.7. The van der Waals surface area contributed by atoms with E-state index in [2.05, 4.69) is 78.6 Å². The van der Waals surface area contributed by atoms with Crippen molar-refractivity contribution in [1.29, 1.82) is 0 Å². The molecule has 0 atom stereocenters. The number of piperidine rings is 1. The summed E-state index contributed by atoms with van der Waals surface area (Å²) in [5.74, 6) is 2.25. The number of hydrogen-bond donors (Lipinski definition) is 2. The Balaban J connectivity index is 0.958. The van der Waals surface area contributed by atoms with E-state index in [0.29, 0.717) is 17.4 Å². The van der Waals surface area contributed by atoms with Crippen molar-refractivity contribution in [2.24, 2.45) is 11.3 Å². The average Bonchev–Trinajstić information content (AvgIpc) is 3.74. The number of hydrogen-bond acceptors (Lipinski definition) is 7. The van der Waals surface area contributed by atoms with Gasteiger partial charge in [0.15, 0.2) is 0 Å². The Bertz CT molecular complexity index is 1560. The summed E-state index contributed by atoms with van der Waals surface area (Å²) in [6, 6.07) is 17.7. The van der Waals surface area contributed by atoms with Crippen LogP contribution < -0.4 is 20.3 Å². The summed E-state index contributed by atoms with van der Waals surface area (Å²) >= 11 is 0. The topological polar surface area (TPSA) is 70.5 Å². The van der Waals surface area contributed by atoms with E-state index in [4.69, 9.17) is 9.72 Å². The van der Waals surface area contributed by atoms with E-state index in [1.165, 1.54) is 75.0 Å². The van der Waals surface area contributed by atoms with Crippen LogP contribution in [0.15, 0.2) is 60.9 Å². The number of rotatable bonds is 8. The predicted octanol–water partition coefficient (Wildman–Crippen LogP) is 5.31. The molecule has 2 aromatic carbocycles. The lowest BCUT2D eigenvalue weighted by molar-refractivity contribution is 0.0616. The number of fused-ring (bicyclic) bond motifs is 1. The van der Waals surface area contributed by atoms with Gasteiger partial charge in [0.05, 0.1) is 18.5 Å². The van der Waals surface area contributed by atoms with Gasteiger partial charge in [-0.3, -0.25) is 0 Å². The van der Waals surface area contributed by atoms with Gasteiger partial charge < -0.3 is 29.7 Å². The molecule has 2 aromatic heterocycles. The Morgan fingerprint density at radius 3 is 2.63 bits per heavy atom. The molecular weight excluding hydrogens is 510 g/mol. The molecule has 8 heteroatoms. The Morgan fingerprint density at radius 2 is 1.88 bits per heavy atom. The lowest BCUT2D eigenvalue weighted by Gasteiger charge is -2.55. The Morgan fingerprint density at radius 1 is 1.05 bits per heavy atom. The van der Waals surface area contributed by atoms with E-state index in [-0.39, 0.29) is 0 Å². The highest BCUT2D eigenvalue weighted by atomic mass is 16.5. The normalized spacial score (nSPS) is 20.7. The fraction of sp³-hybridized carbons (Fsp3) is 0.455. The molecule has 3 aliphatic heterocycles. The number of anilines is 3. The molecule has 2 N–H and O–H groups in total. The van der Waals surface area contributed by atoms with Crippen molar-refractivity contribution in [1.82, 2.24) is 24.8 Å². The molecule has 1 aliphatic carbocycles. The third-order valence-corrected chi connectivity index (χ3v) is 9.76. The average molecular weight is 550 g/mol. The van der Waals surface area contributed by atoms with Gasteiger partial charge in [0, 0.05) is 84.8 Å². The first-order valence-electron chi connectivity index (χ1n) is 15.2. The van der Waals surface area contributed by atoms with Crippen LogP contribution in [0, 0.1) is 11.3 Å². The number of aromatic nitrogens is 3. The van der Waals surface area contributed by atoms with Gasteiger partial charge in [-0.25, -0.2) is 9.97 Å². The van der Waals surface area contributed by atoms with Gasteiger partial charge in [0.25, 0.3) is 0 Å². The fourth-order valence-electron chi connectivity index (χ4n) is 7.05. The van der Waals surface area contributed by atoms with Gasteiger partial charge in [0.2, 0.25) is 5.95 Å². The largest absolute Gasteiger partial charge is 0.494 e. The maximum absolute atomic E-state index is 5.83. The van der Waals surface area contributed by atoms with Crippen LogP contribution in [0.1, 0.15) is 31.7 Å². The van der Waals surface area contributed by atoms with Gasteiger partial charge >= 0.3 is 0 Å². The standard InChI is InChI=1S/C33H39N7O/c1-41-31-16-25(39-21-33(22-39)11-14-38(15-12-33)19-23-17-34-18-23)8-9-29(31)37-32-35-13-10-28(36-32)27-20-40(24-6-7-24)30-5-3-2-4-26(27)30/h2-5,8-10,13,16,20,23-24,34H,6-7,11-12,14-15,17-19,21-22H2,1H3,(H,35,36,37). The third kappa shape index (κ3) is 4.73. The van der Waals surface area contributed by atoms with E-state index in [1.807, 2.05) is 12.3 Å². The molecule has 4 aliphatic rings. The second kappa shape index (κ2) is 10.0. The van der Waals surface area contributed by atoms with Gasteiger partial charge in [-0.2, -0.15) is 0 Å². The highest BCUT2D eigenvalue weighted by Crippen LogP contribution is 2.45. The summed E-state index contributed by atoms with van der Waals surface area (Å²) in [7, 11) is 1.74. The van der Waals surface area contributed by atoms with Gasteiger partial charge in [-0.15, -0.1) is 0 Å². The molecule has 212 valence electrons. The van der Waals surface area contributed by atoms with Crippen LogP contribution in [0.5, 0.6) is 5.75 Å². The smallest absolute Gasteiger partial charge is 0.227 e. The Labute approximate surface area is 241 Å². The van der Waals surface area contributed by atoms with Crippen molar-refractivity contribution in [3.05, 3.63) is 60.9 Å². The van der Waals surface area contributed by atoms with Crippen molar-refractivity contribution in [3.8, 4) is 17.0 Å². The van der Waals surface area contributed by atoms with E-state index < -0.39 is 0 Å².